The predicted octanol–water partition coefficient (Wildman–Crippen LogP) is 10.4. The molecule has 0 bridgehead atoms. The van der Waals surface area contributed by atoms with Gasteiger partial charge in [-0.15, -0.1) is 11.3 Å². The molecule has 0 saturated carbocycles. The fourth-order valence-electron chi connectivity index (χ4n) is 6.60. The van der Waals surface area contributed by atoms with Crippen LogP contribution in [0.2, 0.25) is 0 Å². The van der Waals surface area contributed by atoms with E-state index in [0.29, 0.717) is 0 Å². The Morgan fingerprint density at radius 1 is 0.561 bits per heavy atom. The third-order valence-electron chi connectivity index (χ3n) is 8.37. The van der Waals surface area contributed by atoms with E-state index in [4.69, 9.17) is 0 Å². The molecule has 0 aliphatic carbocycles. The highest BCUT2D eigenvalue weighted by Crippen LogP contribution is 2.47. The first-order valence-corrected chi connectivity index (χ1v) is 14.8. The number of anilines is 3. The standard InChI is InChI=1S/C37H25N3S/c1-2-12-25(13-3-1)40-33-19-8-6-17-31(33)38-37(40)24-11-10-14-26(23-24)39-32-18-7-4-15-27(32)29-21-22-30-28-16-5-9-20-34(28)41-36(30)35(29)39/h1-23,37-38H. The summed E-state index contributed by atoms with van der Waals surface area (Å²) in [4.78, 5) is 2.41. The zero-order valence-electron chi connectivity index (χ0n) is 22.2. The van der Waals surface area contributed by atoms with Gasteiger partial charge in [0.2, 0.25) is 0 Å². The zero-order valence-corrected chi connectivity index (χ0v) is 23.0. The second-order valence-corrected chi connectivity index (χ2v) is 11.7. The number of para-hydroxylation sites is 4. The number of benzene rings is 6. The molecule has 0 fully saturated rings. The summed E-state index contributed by atoms with van der Waals surface area (Å²) in [6.45, 7) is 0. The Morgan fingerprint density at radius 2 is 1.29 bits per heavy atom. The molecular formula is C37H25N3S. The molecule has 0 amide bonds. The van der Waals surface area contributed by atoms with E-state index in [0.717, 1.165) is 5.69 Å². The lowest BCUT2D eigenvalue weighted by Crippen LogP contribution is -2.23. The van der Waals surface area contributed by atoms with Crippen LogP contribution in [0.15, 0.2) is 140 Å². The van der Waals surface area contributed by atoms with E-state index in [2.05, 4.69) is 154 Å². The maximum absolute atomic E-state index is 3.81. The second kappa shape index (κ2) is 8.72. The summed E-state index contributed by atoms with van der Waals surface area (Å²) in [7, 11) is 0. The highest BCUT2D eigenvalue weighted by atomic mass is 32.1. The summed E-state index contributed by atoms with van der Waals surface area (Å²) in [5, 5.41) is 9.03. The molecule has 0 saturated heterocycles. The van der Waals surface area contributed by atoms with Gasteiger partial charge in [-0.2, -0.15) is 0 Å². The molecule has 3 nitrogen and oxygen atoms in total. The van der Waals surface area contributed by atoms with Crippen LogP contribution in [0.3, 0.4) is 0 Å². The van der Waals surface area contributed by atoms with Gasteiger partial charge in [-0.25, -0.2) is 0 Å². The van der Waals surface area contributed by atoms with Gasteiger partial charge >= 0.3 is 0 Å². The Balaban J connectivity index is 1.29. The average Bonchev–Trinajstić information content (AvgIpc) is 3.71. The van der Waals surface area contributed by atoms with Crippen molar-refractivity contribution in [1.82, 2.24) is 4.57 Å². The van der Waals surface area contributed by atoms with E-state index in [1.54, 1.807) is 0 Å². The van der Waals surface area contributed by atoms with Gasteiger partial charge in [0, 0.05) is 37.6 Å². The number of fused-ring (bicyclic) bond motifs is 8. The summed E-state index contributed by atoms with van der Waals surface area (Å²) in [5.74, 6) is 0. The Bertz CT molecular complexity index is 2260. The summed E-state index contributed by atoms with van der Waals surface area (Å²) in [6.07, 6.45) is -0.0211. The number of rotatable bonds is 3. The largest absolute Gasteiger partial charge is 0.359 e. The minimum absolute atomic E-state index is 0.0211. The summed E-state index contributed by atoms with van der Waals surface area (Å²) < 4.78 is 5.13. The molecule has 0 radical (unpaired) electrons. The number of hydrogen-bond acceptors (Lipinski definition) is 3. The van der Waals surface area contributed by atoms with Crippen molar-refractivity contribution >= 4 is 70.4 Å². The molecule has 2 aromatic heterocycles. The number of nitrogens with one attached hydrogen (secondary N) is 1. The first-order chi connectivity index (χ1) is 20.3. The van der Waals surface area contributed by atoms with Crippen LogP contribution in [0.25, 0.3) is 47.7 Å². The summed E-state index contributed by atoms with van der Waals surface area (Å²) >= 11 is 1.89. The Hall–Kier alpha value is -5.06. The first kappa shape index (κ1) is 22.7. The minimum atomic E-state index is -0.0211. The fourth-order valence-corrected chi connectivity index (χ4v) is 7.84. The predicted molar refractivity (Wildman–Crippen MR) is 175 cm³/mol. The maximum Gasteiger partial charge on any atom is 0.130 e. The molecule has 8 aromatic rings. The molecule has 1 aliphatic heterocycles. The van der Waals surface area contributed by atoms with Crippen LogP contribution in [-0.4, -0.2) is 4.57 Å². The number of hydrogen-bond donors (Lipinski definition) is 1. The van der Waals surface area contributed by atoms with E-state index < -0.39 is 0 Å². The minimum Gasteiger partial charge on any atom is -0.359 e. The number of nitrogens with zero attached hydrogens (tertiary/aromatic N) is 2. The van der Waals surface area contributed by atoms with Crippen molar-refractivity contribution in [2.75, 3.05) is 10.2 Å². The van der Waals surface area contributed by atoms with Crippen molar-refractivity contribution in [3.05, 3.63) is 145 Å². The smallest absolute Gasteiger partial charge is 0.130 e. The quantitative estimate of drug-likeness (QED) is 0.239. The third kappa shape index (κ3) is 3.32. The van der Waals surface area contributed by atoms with Crippen LogP contribution in [0.1, 0.15) is 11.7 Å². The van der Waals surface area contributed by atoms with Gasteiger partial charge in [0.05, 0.1) is 27.1 Å². The maximum atomic E-state index is 3.81. The monoisotopic (exact) mass is 543 g/mol. The Morgan fingerprint density at radius 3 is 2.22 bits per heavy atom. The van der Waals surface area contributed by atoms with E-state index in [1.807, 2.05) is 11.3 Å². The molecule has 3 heterocycles. The van der Waals surface area contributed by atoms with Gasteiger partial charge < -0.3 is 14.8 Å². The molecule has 41 heavy (non-hydrogen) atoms. The van der Waals surface area contributed by atoms with Gasteiger partial charge in [-0.3, -0.25) is 0 Å². The molecular weight excluding hydrogens is 518 g/mol. The van der Waals surface area contributed by atoms with Crippen molar-refractivity contribution in [2.24, 2.45) is 0 Å². The lowest BCUT2D eigenvalue weighted by atomic mass is 10.1. The highest BCUT2D eigenvalue weighted by Gasteiger charge is 2.31. The summed E-state index contributed by atoms with van der Waals surface area (Å²) in [6, 6.07) is 50.5. The lowest BCUT2D eigenvalue weighted by Gasteiger charge is -2.28. The average molecular weight is 544 g/mol. The van der Waals surface area contributed by atoms with Crippen LogP contribution >= 0.6 is 11.3 Å². The molecule has 1 aliphatic rings. The third-order valence-corrected chi connectivity index (χ3v) is 9.57. The topological polar surface area (TPSA) is 20.2 Å². The van der Waals surface area contributed by atoms with Gasteiger partial charge in [0.15, 0.2) is 0 Å². The Labute approximate surface area is 241 Å². The van der Waals surface area contributed by atoms with Crippen LogP contribution in [0, 0.1) is 0 Å². The molecule has 9 rings (SSSR count). The van der Waals surface area contributed by atoms with Gasteiger partial charge in [0.1, 0.15) is 6.17 Å². The van der Waals surface area contributed by atoms with E-state index >= 15 is 0 Å². The van der Waals surface area contributed by atoms with E-state index in [1.165, 1.54) is 64.6 Å². The molecule has 6 aromatic carbocycles. The molecule has 1 N–H and O–H groups in total. The Kier molecular flexibility index (Phi) is 4.83. The van der Waals surface area contributed by atoms with Crippen molar-refractivity contribution in [3.8, 4) is 5.69 Å². The highest BCUT2D eigenvalue weighted by molar-refractivity contribution is 7.26. The van der Waals surface area contributed by atoms with Gasteiger partial charge in [-0.05, 0) is 54.1 Å². The van der Waals surface area contributed by atoms with E-state index in [9.17, 15) is 0 Å². The van der Waals surface area contributed by atoms with Crippen molar-refractivity contribution in [1.29, 1.82) is 0 Å². The van der Waals surface area contributed by atoms with Crippen LogP contribution < -0.4 is 10.2 Å². The second-order valence-electron chi connectivity index (χ2n) is 10.7. The molecule has 194 valence electrons. The van der Waals surface area contributed by atoms with Crippen LogP contribution in [0.5, 0.6) is 0 Å². The van der Waals surface area contributed by atoms with Gasteiger partial charge in [0.25, 0.3) is 0 Å². The van der Waals surface area contributed by atoms with Gasteiger partial charge in [-0.1, -0.05) is 91.0 Å². The van der Waals surface area contributed by atoms with Crippen LogP contribution in [0.4, 0.5) is 17.1 Å². The molecule has 0 spiro atoms. The fraction of sp³-hybridized carbons (Fsp3) is 0.0270. The van der Waals surface area contributed by atoms with E-state index in [-0.39, 0.29) is 6.17 Å². The van der Waals surface area contributed by atoms with Crippen molar-refractivity contribution in [3.63, 3.8) is 0 Å². The number of thiophene rings is 1. The molecule has 1 atom stereocenters. The lowest BCUT2D eigenvalue weighted by molar-refractivity contribution is 0.827. The van der Waals surface area contributed by atoms with Crippen LogP contribution in [-0.2, 0) is 0 Å². The normalized spacial score (nSPS) is 14.7. The van der Waals surface area contributed by atoms with Crippen molar-refractivity contribution in [2.45, 2.75) is 6.17 Å². The SMILES string of the molecule is c1ccc(N2c3ccccc3NC2c2cccc(-n3c4ccccc4c4ccc5c6ccccc6sc5c43)c2)cc1. The molecule has 4 heteroatoms. The van der Waals surface area contributed by atoms with Crippen molar-refractivity contribution < 1.29 is 0 Å². The first-order valence-electron chi connectivity index (χ1n) is 14.0. The summed E-state index contributed by atoms with van der Waals surface area (Å²) in [5.41, 5.74) is 8.41. The number of aromatic nitrogens is 1. The zero-order chi connectivity index (χ0) is 26.9. The molecule has 1 unspecified atom stereocenters.